The molecule has 4 heteroatoms. The van der Waals surface area contributed by atoms with Crippen LogP contribution in [0.4, 0.5) is 0 Å². The fourth-order valence-corrected chi connectivity index (χ4v) is 3.23. The minimum Gasteiger partial charge on any atom is -0.351 e. The van der Waals surface area contributed by atoms with E-state index in [1.165, 1.54) is 11.1 Å². The van der Waals surface area contributed by atoms with E-state index in [2.05, 4.69) is 79.5 Å². The summed E-state index contributed by atoms with van der Waals surface area (Å²) in [4.78, 5) is 15.5. The summed E-state index contributed by atoms with van der Waals surface area (Å²) in [5, 5.41) is 2.99. The van der Waals surface area contributed by atoms with Crippen molar-refractivity contribution >= 4 is 17.7 Å². The fraction of sp³-hybridized carbons (Fsp3) is 0.381. The Morgan fingerprint density at radius 2 is 1.56 bits per heavy atom. The summed E-state index contributed by atoms with van der Waals surface area (Å²) >= 11 is 1.57. The van der Waals surface area contributed by atoms with Crippen molar-refractivity contribution < 1.29 is 4.79 Å². The van der Waals surface area contributed by atoms with Crippen LogP contribution in [0.2, 0.25) is 0 Å². The molecule has 0 aliphatic rings. The second kappa shape index (κ2) is 10.3. The third-order valence-corrected chi connectivity index (χ3v) is 5.22. The van der Waals surface area contributed by atoms with Crippen molar-refractivity contribution in [3.8, 4) is 0 Å². The van der Waals surface area contributed by atoms with Crippen LogP contribution in [0, 0.1) is 6.92 Å². The normalized spacial score (nSPS) is 10.9. The van der Waals surface area contributed by atoms with Crippen molar-refractivity contribution in [1.29, 1.82) is 0 Å². The molecule has 3 nitrogen and oxygen atoms in total. The Morgan fingerprint density at radius 1 is 0.960 bits per heavy atom. The minimum atomic E-state index is 0.0674. The number of hydrogen-bond donors (Lipinski definition) is 1. The van der Waals surface area contributed by atoms with E-state index in [0.29, 0.717) is 12.3 Å². The first kappa shape index (κ1) is 19.5. The minimum absolute atomic E-state index is 0.0674. The molecule has 0 atom stereocenters. The van der Waals surface area contributed by atoms with Crippen LogP contribution < -0.4 is 5.32 Å². The molecule has 0 saturated carbocycles. The van der Waals surface area contributed by atoms with Gasteiger partial charge in [0, 0.05) is 18.0 Å². The summed E-state index contributed by atoms with van der Waals surface area (Å²) in [7, 11) is 0. The average Bonchev–Trinajstić information content (AvgIpc) is 2.65. The van der Waals surface area contributed by atoms with Crippen LogP contribution in [0.5, 0.6) is 0 Å². The summed E-state index contributed by atoms with van der Waals surface area (Å²) in [6.45, 7) is 10.1. The SMILES string of the molecule is CCN(CC)Cc1ccc(CNC(=O)CSc2ccc(C)cc2)cc1. The Kier molecular flexibility index (Phi) is 8.02. The van der Waals surface area contributed by atoms with Gasteiger partial charge in [-0.3, -0.25) is 9.69 Å². The summed E-state index contributed by atoms with van der Waals surface area (Å²) in [6, 6.07) is 16.8. The van der Waals surface area contributed by atoms with Crippen molar-refractivity contribution in [2.45, 2.75) is 38.8 Å². The van der Waals surface area contributed by atoms with Crippen LogP contribution in [0.1, 0.15) is 30.5 Å². The highest BCUT2D eigenvalue weighted by Gasteiger charge is 2.04. The molecular formula is C21H28N2OS. The molecule has 0 fully saturated rings. The van der Waals surface area contributed by atoms with Gasteiger partial charge in [-0.25, -0.2) is 0 Å². The van der Waals surface area contributed by atoms with Gasteiger partial charge < -0.3 is 5.32 Å². The molecule has 2 aromatic rings. The van der Waals surface area contributed by atoms with Gasteiger partial charge in [0.1, 0.15) is 0 Å². The summed E-state index contributed by atoms with van der Waals surface area (Å²) < 4.78 is 0. The third-order valence-electron chi connectivity index (χ3n) is 4.20. The Balaban J connectivity index is 1.74. The molecule has 1 N–H and O–H groups in total. The summed E-state index contributed by atoms with van der Waals surface area (Å²) in [5.41, 5.74) is 3.68. The predicted octanol–water partition coefficient (Wildman–Crippen LogP) is 4.25. The first-order valence-electron chi connectivity index (χ1n) is 8.87. The van der Waals surface area contributed by atoms with Crippen molar-refractivity contribution in [3.63, 3.8) is 0 Å². The molecule has 25 heavy (non-hydrogen) atoms. The molecule has 134 valence electrons. The Morgan fingerprint density at radius 3 is 2.16 bits per heavy atom. The van der Waals surface area contributed by atoms with Crippen molar-refractivity contribution in [1.82, 2.24) is 10.2 Å². The van der Waals surface area contributed by atoms with Crippen LogP contribution in [0.3, 0.4) is 0 Å². The molecule has 0 saturated heterocycles. The maximum atomic E-state index is 12.0. The molecular weight excluding hydrogens is 328 g/mol. The van der Waals surface area contributed by atoms with Crippen LogP contribution in [0.25, 0.3) is 0 Å². The molecule has 0 aromatic heterocycles. The standard InChI is InChI=1S/C21H28N2OS/c1-4-23(5-2)15-19-10-8-18(9-11-19)14-22-21(24)16-25-20-12-6-17(3)7-13-20/h6-13H,4-5,14-16H2,1-3H3,(H,22,24). The first-order valence-corrected chi connectivity index (χ1v) is 9.85. The predicted molar refractivity (Wildman–Crippen MR) is 107 cm³/mol. The van der Waals surface area contributed by atoms with Crippen LogP contribution in [-0.4, -0.2) is 29.6 Å². The molecule has 2 rings (SSSR count). The number of aryl methyl sites for hydroxylation is 1. The Bertz CT molecular complexity index is 649. The van der Waals surface area contributed by atoms with Crippen LogP contribution in [-0.2, 0) is 17.9 Å². The average molecular weight is 357 g/mol. The van der Waals surface area contributed by atoms with Gasteiger partial charge in [0.25, 0.3) is 0 Å². The fourth-order valence-electron chi connectivity index (χ4n) is 2.50. The van der Waals surface area contributed by atoms with Crippen LogP contribution in [0.15, 0.2) is 53.4 Å². The maximum Gasteiger partial charge on any atom is 0.230 e. The lowest BCUT2D eigenvalue weighted by Gasteiger charge is -2.18. The highest BCUT2D eigenvalue weighted by molar-refractivity contribution is 8.00. The number of rotatable bonds is 9. The number of carbonyl (C=O) groups is 1. The van der Waals surface area contributed by atoms with Gasteiger partial charge in [0.2, 0.25) is 5.91 Å². The van der Waals surface area contributed by atoms with Crippen molar-refractivity contribution in [3.05, 3.63) is 65.2 Å². The molecule has 0 bridgehead atoms. The number of thioether (sulfide) groups is 1. The molecule has 1 amide bonds. The number of carbonyl (C=O) groups excluding carboxylic acids is 1. The number of hydrogen-bond acceptors (Lipinski definition) is 3. The molecule has 0 spiro atoms. The van der Waals surface area contributed by atoms with Gasteiger partial charge in [-0.15, -0.1) is 11.8 Å². The largest absolute Gasteiger partial charge is 0.351 e. The topological polar surface area (TPSA) is 32.3 Å². The van der Waals surface area contributed by atoms with Crippen molar-refractivity contribution in [2.24, 2.45) is 0 Å². The van der Waals surface area contributed by atoms with Gasteiger partial charge in [0.05, 0.1) is 5.75 Å². The van der Waals surface area contributed by atoms with E-state index in [9.17, 15) is 4.79 Å². The lowest BCUT2D eigenvalue weighted by atomic mass is 10.1. The highest BCUT2D eigenvalue weighted by atomic mass is 32.2. The number of nitrogens with zero attached hydrogens (tertiary/aromatic N) is 1. The summed E-state index contributed by atoms with van der Waals surface area (Å²) in [6.07, 6.45) is 0. The van der Waals surface area contributed by atoms with Crippen LogP contribution >= 0.6 is 11.8 Å². The van der Waals surface area contributed by atoms with Gasteiger partial charge in [-0.1, -0.05) is 55.8 Å². The zero-order chi connectivity index (χ0) is 18.1. The number of nitrogens with one attached hydrogen (secondary N) is 1. The van der Waals surface area contributed by atoms with Gasteiger partial charge >= 0.3 is 0 Å². The lowest BCUT2D eigenvalue weighted by Crippen LogP contribution is -2.24. The molecule has 0 unspecified atom stereocenters. The zero-order valence-electron chi connectivity index (χ0n) is 15.4. The third kappa shape index (κ3) is 6.92. The van der Waals surface area contributed by atoms with E-state index < -0.39 is 0 Å². The van der Waals surface area contributed by atoms with Gasteiger partial charge in [-0.2, -0.15) is 0 Å². The van der Waals surface area contributed by atoms with Gasteiger partial charge in [0.15, 0.2) is 0 Å². The molecule has 0 aliphatic heterocycles. The molecule has 2 aromatic carbocycles. The first-order chi connectivity index (χ1) is 12.1. The molecule has 0 aliphatic carbocycles. The van der Waals surface area contributed by atoms with Gasteiger partial charge in [-0.05, 0) is 43.3 Å². The second-order valence-electron chi connectivity index (χ2n) is 6.16. The number of amides is 1. The quantitative estimate of drug-likeness (QED) is 0.682. The maximum absolute atomic E-state index is 12.0. The van der Waals surface area contributed by atoms with E-state index in [1.807, 2.05) is 0 Å². The molecule has 0 radical (unpaired) electrons. The molecule has 0 heterocycles. The van der Waals surface area contributed by atoms with E-state index in [1.54, 1.807) is 11.8 Å². The van der Waals surface area contributed by atoms with E-state index in [0.717, 1.165) is 30.1 Å². The Hall–Kier alpha value is -1.78. The van der Waals surface area contributed by atoms with E-state index >= 15 is 0 Å². The second-order valence-corrected chi connectivity index (χ2v) is 7.21. The lowest BCUT2D eigenvalue weighted by molar-refractivity contribution is -0.118. The van der Waals surface area contributed by atoms with Crippen molar-refractivity contribution in [2.75, 3.05) is 18.8 Å². The Labute approximate surface area is 155 Å². The van der Waals surface area contributed by atoms with E-state index in [-0.39, 0.29) is 5.91 Å². The van der Waals surface area contributed by atoms with E-state index in [4.69, 9.17) is 0 Å². The summed E-state index contributed by atoms with van der Waals surface area (Å²) in [5.74, 6) is 0.515. The number of benzene rings is 2. The highest BCUT2D eigenvalue weighted by Crippen LogP contribution is 2.17. The zero-order valence-corrected chi connectivity index (χ0v) is 16.2. The smallest absolute Gasteiger partial charge is 0.230 e. The monoisotopic (exact) mass is 356 g/mol.